The number of halogens is 1. The molecule has 1 rings (SSSR count). The van der Waals surface area contributed by atoms with Gasteiger partial charge in [0.15, 0.2) is 0 Å². The van der Waals surface area contributed by atoms with Gasteiger partial charge in [0.2, 0.25) is 5.91 Å². The largest absolute Gasteiger partial charge is 0.398 e. The Balaban J connectivity index is 0.00000324. The molecule has 0 aromatic heterocycles. The minimum absolute atomic E-state index is 0. The summed E-state index contributed by atoms with van der Waals surface area (Å²) in [4.78, 5) is 23.0. The van der Waals surface area contributed by atoms with Gasteiger partial charge in [-0.25, -0.2) is 0 Å². The molecule has 1 aromatic rings. The van der Waals surface area contributed by atoms with Gasteiger partial charge in [-0.1, -0.05) is 19.1 Å². The normalized spacial score (nSPS) is 9.32. The van der Waals surface area contributed by atoms with Crippen molar-refractivity contribution in [1.29, 1.82) is 0 Å². The van der Waals surface area contributed by atoms with E-state index in [4.69, 9.17) is 5.73 Å². The van der Waals surface area contributed by atoms with Crippen molar-refractivity contribution in [3.8, 4) is 0 Å². The molecular weight excluding hydrogens is 266 g/mol. The van der Waals surface area contributed by atoms with Crippen molar-refractivity contribution in [1.82, 2.24) is 10.6 Å². The third-order valence-corrected chi connectivity index (χ3v) is 2.42. The van der Waals surface area contributed by atoms with Gasteiger partial charge < -0.3 is 16.4 Å². The van der Waals surface area contributed by atoms with E-state index in [1.165, 1.54) is 0 Å². The van der Waals surface area contributed by atoms with Crippen LogP contribution in [0.15, 0.2) is 24.3 Å². The average Bonchev–Trinajstić information content (AvgIpc) is 2.36. The van der Waals surface area contributed by atoms with E-state index in [9.17, 15) is 9.59 Å². The van der Waals surface area contributed by atoms with Crippen LogP contribution in [0.3, 0.4) is 0 Å². The minimum atomic E-state index is -0.253. The number of hydrogen-bond donors (Lipinski definition) is 3. The summed E-state index contributed by atoms with van der Waals surface area (Å²) in [7, 11) is 0. The first-order valence-electron chi connectivity index (χ1n) is 6.04. The summed E-state index contributed by atoms with van der Waals surface area (Å²) >= 11 is 0. The molecule has 2 amide bonds. The van der Waals surface area contributed by atoms with Crippen LogP contribution in [0.5, 0.6) is 0 Å². The molecule has 0 aliphatic heterocycles. The summed E-state index contributed by atoms with van der Waals surface area (Å²) in [5.41, 5.74) is 6.55. The molecule has 0 saturated carbocycles. The zero-order chi connectivity index (χ0) is 13.4. The fourth-order valence-corrected chi connectivity index (χ4v) is 1.44. The Kier molecular flexibility index (Phi) is 8.37. The zero-order valence-corrected chi connectivity index (χ0v) is 11.8. The van der Waals surface area contributed by atoms with Crippen LogP contribution < -0.4 is 16.4 Å². The molecule has 106 valence electrons. The molecule has 6 heteroatoms. The van der Waals surface area contributed by atoms with Crippen LogP contribution >= 0.6 is 12.4 Å². The molecule has 0 aliphatic rings. The molecule has 0 saturated heterocycles. The summed E-state index contributed by atoms with van der Waals surface area (Å²) in [6, 6.07) is 6.84. The van der Waals surface area contributed by atoms with Crippen LogP contribution in [-0.2, 0) is 4.79 Å². The lowest BCUT2D eigenvalue weighted by Crippen LogP contribution is -2.31. The number of carbonyl (C=O) groups excluding carboxylic acids is 2. The maximum atomic E-state index is 11.7. The molecule has 0 spiro atoms. The number of hydrogen-bond acceptors (Lipinski definition) is 3. The van der Waals surface area contributed by atoms with Crippen molar-refractivity contribution in [2.24, 2.45) is 0 Å². The van der Waals surface area contributed by atoms with E-state index in [-0.39, 0.29) is 30.6 Å². The number of amides is 2. The molecular formula is C13H20ClN3O2. The van der Waals surface area contributed by atoms with Crippen LogP contribution in [0.2, 0.25) is 0 Å². The Hall–Kier alpha value is -1.75. The fraction of sp³-hybridized carbons (Fsp3) is 0.385. The van der Waals surface area contributed by atoms with Crippen LogP contribution in [0.4, 0.5) is 5.69 Å². The fourth-order valence-electron chi connectivity index (χ4n) is 1.44. The summed E-state index contributed by atoms with van der Waals surface area (Å²) in [5, 5.41) is 5.41. The lowest BCUT2D eigenvalue weighted by Gasteiger charge is -2.07. The number of nitrogen functional groups attached to an aromatic ring is 1. The van der Waals surface area contributed by atoms with Crippen molar-refractivity contribution in [3.05, 3.63) is 29.8 Å². The second-order valence-corrected chi connectivity index (χ2v) is 3.94. The number of benzene rings is 1. The van der Waals surface area contributed by atoms with Gasteiger partial charge in [-0.3, -0.25) is 9.59 Å². The standard InChI is InChI=1S/C13H19N3O2.ClH/c1-2-8-15-12(17)7-9-16-13(18)10-5-3-4-6-11(10)14;/h3-6H,2,7-9,14H2,1H3,(H,15,17)(H,16,18);1H. The third-order valence-electron chi connectivity index (χ3n) is 2.42. The quantitative estimate of drug-likeness (QED) is 0.690. The predicted octanol–water partition coefficient (Wildman–Crippen LogP) is 1.34. The van der Waals surface area contributed by atoms with Crippen molar-refractivity contribution in [3.63, 3.8) is 0 Å². The van der Waals surface area contributed by atoms with Gasteiger partial charge in [-0.2, -0.15) is 0 Å². The SMILES string of the molecule is CCCNC(=O)CCNC(=O)c1ccccc1N.Cl. The van der Waals surface area contributed by atoms with E-state index in [1.54, 1.807) is 24.3 Å². The van der Waals surface area contributed by atoms with E-state index in [0.717, 1.165) is 6.42 Å². The molecule has 5 nitrogen and oxygen atoms in total. The van der Waals surface area contributed by atoms with E-state index < -0.39 is 0 Å². The van der Waals surface area contributed by atoms with Crippen molar-refractivity contribution < 1.29 is 9.59 Å². The summed E-state index contributed by atoms with van der Waals surface area (Å²) < 4.78 is 0. The monoisotopic (exact) mass is 285 g/mol. The predicted molar refractivity (Wildman–Crippen MR) is 78.4 cm³/mol. The summed E-state index contributed by atoms with van der Waals surface area (Å²) in [6.45, 7) is 2.96. The molecule has 4 N–H and O–H groups in total. The second kappa shape index (κ2) is 9.22. The Labute approximate surface area is 119 Å². The van der Waals surface area contributed by atoms with E-state index in [1.807, 2.05) is 6.92 Å². The number of nitrogens with one attached hydrogen (secondary N) is 2. The third kappa shape index (κ3) is 6.10. The maximum absolute atomic E-state index is 11.7. The van der Waals surface area contributed by atoms with Crippen LogP contribution in [0.25, 0.3) is 0 Å². The molecule has 0 heterocycles. The van der Waals surface area contributed by atoms with E-state index >= 15 is 0 Å². The van der Waals surface area contributed by atoms with Gasteiger partial charge in [0.1, 0.15) is 0 Å². The number of anilines is 1. The van der Waals surface area contributed by atoms with Crippen molar-refractivity contribution in [2.75, 3.05) is 18.8 Å². The highest BCUT2D eigenvalue weighted by Crippen LogP contribution is 2.09. The van der Waals surface area contributed by atoms with Crippen LogP contribution in [-0.4, -0.2) is 24.9 Å². The molecule has 0 radical (unpaired) electrons. The molecule has 19 heavy (non-hydrogen) atoms. The maximum Gasteiger partial charge on any atom is 0.253 e. The lowest BCUT2D eigenvalue weighted by molar-refractivity contribution is -0.120. The minimum Gasteiger partial charge on any atom is -0.398 e. The highest BCUT2D eigenvalue weighted by molar-refractivity contribution is 5.99. The lowest BCUT2D eigenvalue weighted by atomic mass is 10.1. The Morgan fingerprint density at radius 3 is 2.47 bits per heavy atom. The Morgan fingerprint density at radius 1 is 1.16 bits per heavy atom. The van der Waals surface area contributed by atoms with Gasteiger partial charge in [-0.05, 0) is 18.6 Å². The Bertz CT molecular complexity index is 424. The second-order valence-electron chi connectivity index (χ2n) is 3.94. The zero-order valence-electron chi connectivity index (χ0n) is 10.9. The summed E-state index contributed by atoms with van der Waals surface area (Å²) in [5.74, 6) is -0.311. The molecule has 1 aromatic carbocycles. The number of carbonyl (C=O) groups is 2. The molecule has 0 unspecified atom stereocenters. The van der Waals surface area contributed by atoms with Crippen LogP contribution in [0, 0.1) is 0 Å². The van der Waals surface area contributed by atoms with E-state index in [2.05, 4.69) is 10.6 Å². The van der Waals surface area contributed by atoms with Crippen LogP contribution in [0.1, 0.15) is 30.1 Å². The topological polar surface area (TPSA) is 84.2 Å². The van der Waals surface area contributed by atoms with Gasteiger partial charge in [0.05, 0.1) is 5.56 Å². The smallest absolute Gasteiger partial charge is 0.253 e. The Morgan fingerprint density at radius 2 is 1.84 bits per heavy atom. The highest BCUT2D eigenvalue weighted by Gasteiger charge is 2.08. The number of para-hydroxylation sites is 1. The van der Waals surface area contributed by atoms with Crippen molar-refractivity contribution in [2.45, 2.75) is 19.8 Å². The molecule has 0 bridgehead atoms. The summed E-state index contributed by atoms with van der Waals surface area (Å²) in [6.07, 6.45) is 1.18. The number of nitrogens with two attached hydrogens (primary N) is 1. The molecule has 0 fully saturated rings. The molecule has 0 atom stereocenters. The van der Waals surface area contributed by atoms with Gasteiger partial charge in [0, 0.05) is 25.2 Å². The first-order chi connectivity index (χ1) is 8.65. The van der Waals surface area contributed by atoms with Crippen molar-refractivity contribution >= 4 is 29.9 Å². The van der Waals surface area contributed by atoms with E-state index in [0.29, 0.717) is 24.3 Å². The first kappa shape index (κ1) is 17.2. The number of rotatable bonds is 6. The highest BCUT2D eigenvalue weighted by atomic mass is 35.5. The van der Waals surface area contributed by atoms with Gasteiger partial charge >= 0.3 is 0 Å². The van der Waals surface area contributed by atoms with Gasteiger partial charge in [0.25, 0.3) is 5.91 Å². The van der Waals surface area contributed by atoms with Gasteiger partial charge in [-0.15, -0.1) is 12.4 Å². The average molecular weight is 286 g/mol. The first-order valence-corrected chi connectivity index (χ1v) is 6.04. The molecule has 0 aliphatic carbocycles.